The van der Waals surface area contributed by atoms with Gasteiger partial charge in [-0.2, -0.15) is 0 Å². The smallest absolute Gasteiger partial charge is 0.480 e. The predicted octanol–water partition coefficient (Wildman–Crippen LogP) is 3.30. The second-order valence-electron chi connectivity index (χ2n) is 6.24. The van der Waals surface area contributed by atoms with E-state index in [-0.39, 0.29) is 11.7 Å². The van der Waals surface area contributed by atoms with E-state index in [2.05, 4.69) is 10.1 Å². The third-order valence-corrected chi connectivity index (χ3v) is 4.45. The molecule has 1 aliphatic carbocycles. The quantitative estimate of drug-likeness (QED) is 0.783. The van der Waals surface area contributed by atoms with E-state index < -0.39 is 36.1 Å². The molecule has 25 heavy (non-hydrogen) atoms. The summed E-state index contributed by atoms with van der Waals surface area (Å²) in [5.74, 6) is -3.12. The Morgan fingerprint density at radius 3 is 2.56 bits per heavy atom. The number of aliphatic carboxylic acids is 1. The van der Waals surface area contributed by atoms with Crippen molar-refractivity contribution >= 4 is 11.9 Å². The number of amides is 1. The van der Waals surface area contributed by atoms with E-state index >= 15 is 0 Å². The Hall–Kier alpha value is -2.25. The van der Waals surface area contributed by atoms with Crippen LogP contribution in [0.1, 0.15) is 38.2 Å². The highest BCUT2D eigenvalue weighted by Crippen LogP contribution is 2.51. The molecule has 0 aromatic heterocycles. The minimum absolute atomic E-state index is 0.250. The number of ether oxygens (including phenoxy) is 1. The van der Waals surface area contributed by atoms with E-state index in [1.165, 1.54) is 18.2 Å². The molecular weight excluding hydrogens is 339 g/mol. The first kappa shape index (κ1) is 19.1. The Morgan fingerprint density at radius 2 is 2.00 bits per heavy atom. The fourth-order valence-corrected chi connectivity index (χ4v) is 2.78. The molecule has 0 saturated heterocycles. The SMILES string of the molecule is CCC(C)C(NC(=O)C1CC1c1ccccc1OC(F)(F)F)C(=O)O. The lowest BCUT2D eigenvalue weighted by Gasteiger charge is -2.20. The average molecular weight is 359 g/mol. The van der Waals surface area contributed by atoms with Gasteiger partial charge in [-0.3, -0.25) is 4.79 Å². The standard InChI is InChI=1S/C17H20F3NO4/c1-3-9(2)14(16(23)24)21-15(22)12-8-11(12)10-6-4-5-7-13(10)25-17(18,19)20/h4-7,9,11-12,14H,3,8H2,1-2H3,(H,21,22)(H,23,24). The second kappa shape index (κ2) is 7.33. The van der Waals surface area contributed by atoms with E-state index in [9.17, 15) is 27.9 Å². The molecule has 8 heteroatoms. The van der Waals surface area contributed by atoms with Crippen molar-refractivity contribution in [2.24, 2.45) is 11.8 Å². The fraction of sp³-hybridized carbons (Fsp3) is 0.529. The zero-order chi connectivity index (χ0) is 18.8. The van der Waals surface area contributed by atoms with Crippen LogP contribution in [0.3, 0.4) is 0 Å². The number of nitrogens with one attached hydrogen (secondary N) is 1. The average Bonchev–Trinajstić information content (AvgIpc) is 3.30. The Bertz CT molecular complexity index is 647. The van der Waals surface area contributed by atoms with Crippen LogP contribution in [0.4, 0.5) is 13.2 Å². The maximum Gasteiger partial charge on any atom is 0.573 e. The van der Waals surface area contributed by atoms with Gasteiger partial charge in [0.05, 0.1) is 0 Å². The molecule has 0 heterocycles. The number of para-hydroxylation sites is 1. The van der Waals surface area contributed by atoms with Crippen LogP contribution in [0.15, 0.2) is 24.3 Å². The van der Waals surface area contributed by atoms with Gasteiger partial charge in [0.25, 0.3) is 0 Å². The lowest BCUT2D eigenvalue weighted by Crippen LogP contribution is -2.45. The summed E-state index contributed by atoms with van der Waals surface area (Å²) in [7, 11) is 0. The molecule has 1 saturated carbocycles. The first-order valence-electron chi connectivity index (χ1n) is 8.01. The molecular formula is C17H20F3NO4. The molecule has 2 rings (SSSR count). The minimum Gasteiger partial charge on any atom is -0.480 e. The molecule has 0 bridgehead atoms. The van der Waals surface area contributed by atoms with Crippen LogP contribution in [0.25, 0.3) is 0 Å². The highest BCUT2D eigenvalue weighted by atomic mass is 19.4. The molecule has 1 fully saturated rings. The van der Waals surface area contributed by atoms with Crippen molar-refractivity contribution in [2.45, 2.75) is 45.0 Å². The molecule has 4 unspecified atom stereocenters. The summed E-state index contributed by atoms with van der Waals surface area (Å²) in [6.07, 6.45) is -3.88. The van der Waals surface area contributed by atoms with Gasteiger partial charge in [0, 0.05) is 5.92 Å². The van der Waals surface area contributed by atoms with Crippen molar-refractivity contribution < 1.29 is 32.6 Å². The number of benzene rings is 1. The summed E-state index contributed by atoms with van der Waals surface area (Å²) < 4.78 is 41.5. The number of carbonyl (C=O) groups is 2. The summed E-state index contributed by atoms with van der Waals surface area (Å²) in [4.78, 5) is 23.6. The molecule has 0 aliphatic heterocycles. The third kappa shape index (κ3) is 4.87. The lowest BCUT2D eigenvalue weighted by atomic mass is 9.99. The summed E-state index contributed by atoms with van der Waals surface area (Å²) in [6.45, 7) is 3.54. The van der Waals surface area contributed by atoms with E-state index in [1.54, 1.807) is 13.0 Å². The number of halogens is 3. The molecule has 1 aromatic rings. The van der Waals surface area contributed by atoms with Gasteiger partial charge in [-0.05, 0) is 29.9 Å². The van der Waals surface area contributed by atoms with Crippen molar-refractivity contribution in [2.75, 3.05) is 0 Å². The highest BCUT2D eigenvalue weighted by molar-refractivity contribution is 5.87. The van der Waals surface area contributed by atoms with Gasteiger partial charge in [-0.15, -0.1) is 13.2 Å². The Morgan fingerprint density at radius 1 is 1.36 bits per heavy atom. The van der Waals surface area contributed by atoms with E-state index in [0.717, 1.165) is 0 Å². The van der Waals surface area contributed by atoms with Crippen LogP contribution >= 0.6 is 0 Å². The van der Waals surface area contributed by atoms with Gasteiger partial charge in [-0.1, -0.05) is 38.5 Å². The maximum absolute atomic E-state index is 12.5. The molecule has 4 atom stereocenters. The third-order valence-electron chi connectivity index (χ3n) is 4.45. The van der Waals surface area contributed by atoms with Crippen molar-refractivity contribution in [3.63, 3.8) is 0 Å². The van der Waals surface area contributed by atoms with Crippen LogP contribution in [0.2, 0.25) is 0 Å². The first-order chi connectivity index (χ1) is 11.6. The van der Waals surface area contributed by atoms with E-state index in [4.69, 9.17) is 0 Å². The summed E-state index contributed by atoms with van der Waals surface area (Å²) >= 11 is 0. The molecule has 0 spiro atoms. The van der Waals surface area contributed by atoms with E-state index in [0.29, 0.717) is 18.4 Å². The molecule has 2 N–H and O–H groups in total. The van der Waals surface area contributed by atoms with Gasteiger partial charge in [0.2, 0.25) is 5.91 Å². The van der Waals surface area contributed by atoms with Crippen molar-refractivity contribution in [3.8, 4) is 5.75 Å². The largest absolute Gasteiger partial charge is 0.573 e. The number of alkyl halides is 3. The van der Waals surface area contributed by atoms with Crippen LogP contribution in [0.5, 0.6) is 5.75 Å². The number of carboxylic acids is 1. The topological polar surface area (TPSA) is 75.6 Å². The van der Waals surface area contributed by atoms with Crippen molar-refractivity contribution in [1.82, 2.24) is 5.32 Å². The van der Waals surface area contributed by atoms with Crippen molar-refractivity contribution in [3.05, 3.63) is 29.8 Å². The Labute approximate surface area is 143 Å². The Balaban J connectivity index is 2.07. The maximum atomic E-state index is 12.5. The number of carboxylic acid groups (broad SMARTS) is 1. The van der Waals surface area contributed by atoms with Gasteiger partial charge in [-0.25, -0.2) is 4.79 Å². The summed E-state index contributed by atoms with van der Waals surface area (Å²) in [6, 6.07) is 4.68. The predicted molar refractivity (Wildman–Crippen MR) is 83.0 cm³/mol. The second-order valence-corrected chi connectivity index (χ2v) is 6.24. The minimum atomic E-state index is -4.81. The molecule has 5 nitrogen and oxygen atoms in total. The van der Waals surface area contributed by atoms with Crippen LogP contribution in [-0.4, -0.2) is 29.4 Å². The number of hydrogen-bond acceptors (Lipinski definition) is 3. The molecule has 1 amide bonds. The van der Waals surface area contributed by atoms with Gasteiger partial charge in [0.1, 0.15) is 11.8 Å². The highest BCUT2D eigenvalue weighted by Gasteiger charge is 2.47. The summed E-state index contributed by atoms with van der Waals surface area (Å²) in [5.41, 5.74) is 0.301. The lowest BCUT2D eigenvalue weighted by molar-refractivity contribution is -0.274. The number of rotatable bonds is 7. The fourth-order valence-electron chi connectivity index (χ4n) is 2.78. The Kier molecular flexibility index (Phi) is 5.59. The zero-order valence-corrected chi connectivity index (χ0v) is 13.8. The number of hydrogen-bond donors (Lipinski definition) is 2. The van der Waals surface area contributed by atoms with Gasteiger partial charge in [0.15, 0.2) is 0 Å². The van der Waals surface area contributed by atoms with Crippen molar-refractivity contribution in [1.29, 1.82) is 0 Å². The monoisotopic (exact) mass is 359 g/mol. The van der Waals surface area contributed by atoms with Gasteiger partial charge >= 0.3 is 12.3 Å². The van der Waals surface area contributed by atoms with Crippen LogP contribution < -0.4 is 10.1 Å². The number of carbonyl (C=O) groups excluding carboxylic acids is 1. The molecule has 0 radical (unpaired) electrons. The molecule has 1 aromatic carbocycles. The molecule has 1 aliphatic rings. The normalized spacial score (nSPS) is 22.0. The van der Waals surface area contributed by atoms with Gasteiger partial charge < -0.3 is 15.2 Å². The van der Waals surface area contributed by atoms with Crippen LogP contribution in [-0.2, 0) is 9.59 Å². The summed E-state index contributed by atoms with van der Waals surface area (Å²) in [5, 5.41) is 11.7. The zero-order valence-electron chi connectivity index (χ0n) is 13.8. The molecule has 138 valence electrons. The van der Waals surface area contributed by atoms with Crippen LogP contribution in [0, 0.1) is 11.8 Å². The first-order valence-corrected chi connectivity index (χ1v) is 8.01. The van der Waals surface area contributed by atoms with E-state index in [1.807, 2.05) is 6.92 Å².